The van der Waals surface area contributed by atoms with E-state index >= 15 is 0 Å². The van der Waals surface area contributed by atoms with E-state index in [1.807, 2.05) is 7.05 Å². The SMILES string of the molecule is CNCc1cc(Br)c2c(c1)CCO2. The fourth-order valence-electron chi connectivity index (χ4n) is 1.63. The van der Waals surface area contributed by atoms with Crippen molar-refractivity contribution < 1.29 is 4.74 Å². The van der Waals surface area contributed by atoms with Gasteiger partial charge >= 0.3 is 0 Å². The molecule has 0 aromatic heterocycles. The van der Waals surface area contributed by atoms with E-state index in [-0.39, 0.29) is 0 Å². The molecule has 0 atom stereocenters. The predicted octanol–water partition coefficient (Wildman–Crippen LogP) is 2.10. The van der Waals surface area contributed by atoms with Gasteiger partial charge in [0.2, 0.25) is 0 Å². The summed E-state index contributed by atoms with van der Waals surface area (Å²) in [6.45, 7) is 1.73. The van der Waals surface area contributed by atoms with Crippen molar-refractivity contribution in [1.29, 1.82) is 0 Å². The molecule has 1 aromatic carbocycles. The van der Waals surface area contributed by atoms with Crippen molar-refractivity contribution in [2.24, 2.45) is 0 Å². The van der Waals surface area contributed by atoms with Crippen molar-refractivity contribution >= 4 is 15.9 Å². The summed E-state index contributed by atoms with van der Waals surface area (Å²) in [6.07, 6.45) is 1.03. The first kappa shape index (κ1) is 9.03. The first-order valence-corrected chi connectivity index (χ1v) is 5.19. The van der Waals surface area contributed by atoms with Crippen LogP contribution in [0.15, 0.2) is 16.6 Å². The third kappa shape index (κ3) is 1.71. The van der Waals surface area contributed by atoms with Crippen LogP contribution in [0.4, 0.5) is 0 Å². The van der Waals surface area contributed by atoms with Crippen molar-refractivity contribution in [1.82, 2.24) is 5.32 Å². The molecule has 2 nitrogen and oxygen atoms in total. The molecular weight excluding hydrogens is 230 g/mol. The molecule has 0 radical (unpaired) electrons. The average Bonchev–Trinajstić information content (AvgIpc) is 2.53. The van der Waals surface area contributed by atoms with Gasteiger partial charge in [0, 0.05) is 13.0 Å². The van der Waals surface area contributed by atoms with Gasteiger partial charge in [-0.1, -0.05) is 6.07 Å². The summed E-state index contributed by atoms with van der Waals surface area (Å²) in [5.74, 6) is 1.03. The highest BCUT2D eigenvalue weighted by Crippen LogP contribution is 2.34. The lowest BCUT2D eigenvalue weighted by Gasteiger charge is -2.05. The standard InChI is InChI=1S/C10H12BrNO/c1-12-6-7-4-8-2-3-13-10(8)9(11)5-7/h4-5,12H,2-3,6H2,1H3. The van der Waals surface area contributed by atoms with E-state index < -0.39 is 0 Å². The molecule has 0 spiro atoms. The zero-order valence-electron chi connectivity index (χ0n) is 7.56. The molecule has 1 N–H and O–H groups in total. The molecule has 3 heteroatoms. The van der Waals surface area contributed by atoms with Crippen LogP contribution in [-0.2, 0) is 13.0 Å². The van der Waals surface area contributed by atoms with Gasteiger partial charge in [-0.05, 0) is 40.2 Å². The maximum Gasteiger partial charge on any atom is 0.136 e. The number of hydrogen-bond donors (Lipinski definition) is 1. The number of hydrogen-bond acceptors (Lipinski definition) is 2. The van der Waals surface area contributed by atoms with E-state index in [1.54, 1.807) is 0 Å². The fourth-order valence-corrected chi connectivity index (χ4v) is 2.29. The van der Waals surface area contributed by atoms with Crippen molar-refractivity contribution in [2.45, 2.75) is 13.0 Å². The molecule has 0 amide bonds. The second-order valence-electron chi connectivity index (χ2n) is 3.19. The Labute approximate surface area is 86.4 Å². The molecule has 0 saturated heterocycles. The molecule has 70 valence electrons. The fraction of sp³-hybridized carbons (Fsp3) is 0.400. The summed E-state index contributed by atoms with van der Waals surface area (Å²) in [5, 5.41) is 3.14. The molecule has 0 fully saturated rings. The number of halogens is 1. The maximum atomic E-state index is 5.50. The van der Waals surface area contributed by atoms with Crippen LogP contribution in [0.3, 0.4) is 0 Å². The summed E-state index contributed by atoms with van der Waals surface area (Å²) in [4.78, 5) is 0. The van der Waals surface area contributed by atoms with Crippen LogP contribution in [0.5, 0.6) is 5.75 Å². The zero-order chi connectivity index (χ0) is 9.26. The van der Waals surface area contributed by atoms with Crippen LogP contribution in [0.2, 0.25) is 0 Å². The van der Waals surface area contributed by atoms with E-state index in [0.717, 1.165) is 29.8 Å². The van der Waals surface area contributed by atoms with E-state index in [4.69, 9.17) is 4.74 Å². The van der Waals surface area contributed by atoms with Crippen molar-refractivity contribution in [3.63, 3.8) is 0 Å². The van der Waals surface area contributed by atoms with E-state index in [1.165, 1.54) is 11.1 Å². The Morgan fingerprint density at radius 1 is 1.54 bits per heavy atom. The first-order valence-electron chi connectivity index (χ1n) is 4.40. The van der Waals surface area contributed by atoms with Crippen molar-refractivity contribution in [3.8, 4) is 5.75 Å². The van der Waals surface area contributed by atoms with E-state index in [2.05, 4.69) is 33.4 Å². The normalized spacial score (nSPS) is 14.0. The average molecular weight is 242 g/mol. The molecule has 0 saturated carbocycles. The minimum Gasteiger partial charge on any atom is -0.492 e. The third-order valence-electron chi connectivity index (χ3n) is 2.18. The molecule has 0 bridgehead atoms. The highest BCUT2D eigenvalue weighted by atomic mass is 79.9. The zero-order valence-corrected chi connectivity index (χ0v) is 9.15. The molecule has 1 aliphatic rings. The van der Waals surface area contributed by atoms with Crippen molar-refractivity contribution in [2.75, 3.05) is 13.7 Å². The number of fused-ring (bicyclic) bond motifs is 1. The van der Waals surface area contributed by atoms with Gasteiger partial charge < -0.3 is 10.1 Å². The minimum atomic E-state index is 0.816. The summed E-state index contributed by atoms with van der Waals surface area (Å²) in [7, 11) is 1.96. The lowest BCUT2D eigenvalue weighted by Crippen LogP contribution is -2.05. The number of rotatable bonds is 2. The van der Waals surface area contributed by atoms with Gasteiger partial charge in [-0.25, -0.2) is 0 Å². The summed E-state index contributed by atoms with van der Waals surface area (Å²) in [6, 6.07) is 4.32. The van der Waals surface area contributed by atoms with Crippen LogP contribution in [-0.4, -0.2) is 13.7 Å². The third-order valence-corrected chi connectivity index (χ3v) is 2.77. The maximum absolute atomic E-state index is 5.50. The number of nitrogens with one attached hydrogen (secondary N) is 1. The van der Waals surface area contributed by atoms with E-state index in [9.17, 15) is 0 Å². The van der Waals surface area contributed by atoms with Gasteiger partial charge in [-0.3, -0.25) is 0 Å². The number of ether oxygens (including phenoxy) is 1. The topological polar surface area (TPSA) is 21.3 Å². The molecule has 1 aliphatic heterocycles. The largest absolute Gasteiger partial charge is 0.492 e. The molecule has 0 aliphatic carbocycles. The Morgan fingerprint density at radius 3 is 3.15 bits per heavy atom. The smallest absolute Gasteiger partial charge is 0.136 e. The van der Waals surface area contributed by atoms with Gasteiger partial charge in [0.15, 0.2) is 0 Å². The van der Waals surface area contributed by atoms with Gasteiger partial charge in [0.25, 0.3) is 0 Å². The Bertz CT molecular complexity index is 325. The van der Waals surface area contributed by atoms with Crippen LogP contribution < -0.4 is 10.1 Å². The predicted molar refractivity (Wildman–Crippen MR) is 56.1 cm³/mol. The molecule has 1 aromatic rings. The summed E-state index contributed by atoms with van der Waals surface area (Å²) < 4.78 is 6.57. The highest BCUT2D eigenvalue weighted by molar-refractivity contribution is 9.10. The van der Waals surface area contributed by atoms with Crippen molar-refractivity contribution in [3.05, 3.63) is 27.7 Å². The van der Waals surface area contributed by atoms with E-state index in [0.29, 0.717) is 0 Å². The van der Waals surface area contributed by atoms with Gasteiger partial charge in [-0.15, -0.1) is 0 Å². The Kier molecular flexibility index (Phi) is 2.56. The van der Waals surface area contributed by atoms with Gasteiger partial charge in [-0.2, -0.15) is 0 Å². The molecule has 1 heterocycles. The second-order valence-corrected chi connectivity index (χ2v) is 4.05. The molecular formula is C10H12BrNO. The molecule has 0 unspecified atom stereocenters. The first-order chi connectivity index (χ1) is 6.31. The van der Waals surface area contributed by atoms with Crippen LogP contribution >= 0.6 is 15.9 Å². The Morgan fingerprint density at radius 2 is 2.38 bits per heavy atom. The summed E-state index contributed by atoms with van der Waals surface area (Å²) in [5.41, 5.74) is 2.62. The van der Waals surface area contributed by atoms with Gasteiger partial charge in [0.1, 0.15) is 5.75 Å². The molecule has 13 heavy (non-hydrogen) atoms. The van der Waals surface area contributed by atoms with Crippen LogP contribution in [0, 0.1) is 0 Å². The lowest BCUT2D eigenvalue weighted by atomic mass is 10.1. The molecule has 2 rings (SSSR count). The Balaban J connectivity index is 2.37. The van der Waals surface area contributed by atoms with Gasteiger partial charge in [0.05, 0.1) is 11.1 Å². The monoisotopic (exact) mass is 241 g/mol. The second kappa shape index (κ2) is 3.68. The summed E-state index contributed by atoms with van der Waals surface area (Å²) >= 11 is 3.52. The Hall–Kier alpha value is -0.540. The highest BCUT2D eigenvalue weighted by Gasteiger charge is 2.15. The quantitative estimate of drug-likeness (QED) is 0.857. The minimum absolute atomic E-state index is 0.816. The number of benzene rings is 1. The van der Waals surface area contributed by atoms with Crippen LogP contribution in [0.25, 0.3) is 0 Å². The van der Waals surface area contributed by atoms with Crippen LogP contribution in [0.1, 0.15) is 11.1 Å². The lowest BCUT2D eigenvalue weighted by molar-refractivity contribution is 0.355.